The Bertz CT molecular complexity index is 864. The van der Waals surface area contributed by atoms with Crippen LogP contribution in [0, 0.1) is 0 Å². The van der Waals surface area contributed by atoms with Crippen molar-refractivity contribution in [2.75, 3.05) is 11.5 Å². The molecule has 1 aromatic heterocycles. The summed E-state index contributed by atoms with van der Waals surface area (Å²) in [6.07, 6.45) is 6.40. The summed E-state index contributed by atoms with van der Waals surface area (Å²) in [6.45, 7) is 3.37. The fraction of sp³-hybridized carbons (Fsp3) is 0.280. The van der Waals surface area contributed by atoms with Crippen LogP contribution in [0.15, 0.2) is 79.0 Å². The van der Waals surface area contributed by atoms with Gasteiger partial charge in [0, 0.05) is 11.8 Å². The highest BCUT2D eigenvalue weighted by Gasteiger charge is 2.19. The van der Waals surface area contributed by atoms with E-state index in [-0.39, 0.29) is 5.91 Å². The van der Waals surface area contributed by atoms with Crippen molar-refractivity contribution >= 4 is 11.7 Å². The fourth-order valence-corrected chi connectivity index (χ4v) is 3.10. The van der Waals surface area contributed by atoms with Gasteiger partial charge in [0.25, 0.3) is 5.91 Å². The summed E-state index contributed by atoms with van der Waals surface area (Å²) in [7, 11) is 0. The first-order chi connectivity index (χ1) is 14.3. The third-order valence-electron chi connectivity index (χ3n) is 4.72. The van der Waals surface area contributed by atoms with Gasteiger partial charge in [-0.05, 0) is 48.4 Å². The third-order valence-corrected chi connectivity index (χ3v) is 4.72. The number of carbonyl (C=O) groups excluding carboxylic acids is 1. The molecule has 3 rings (SSSR count). The smallest absolute Gasteiger partial charge is 0.259 e. The highest BCUT2D eigenvalue weighted by molar-refractivity contribution is 6.05. The molecule has 2 aromatic carbocycles. The molecule has 0 aliphatic rings. The number of aromatic nitrogens is 1. The van der Waals surface area contributed by atoms with Crippen LogP contribution in [0.5, 0.6) is 5.75 Å². The molecule has 150 valence electrons. The molecule has 1 amide bonds. The number of rotatable bonds is 10. The number of amides is 1. The lowest BCUT2D eigenvalue weighted by molar-refractivity contribution is 0.0984. The van der Waals surface area contributed by atoms with Crippen molar-refractivity contribution in [2.45, 2.75) is 39.2 Å². The minimum atomic E-state index is -0.0814. The van der Waals surface area contributed by atoms with Gasteiger partial charge >= 0.3 is 0 Å². The molecular weight excluding hydrogens is 360 g/mol. The van der Waals surface area contributed by atoms with Crippen LogP contribution in [0.2, 0.25) is 0 Å². The Kier molecular flexibility index (Phi) is 7.81. The van der Waals surface area contributed by atoms with Gasteiger partial charge in [-0.3, -0.25) is 9.69 Å². The van der Waals surface area contributed by atoms with Gasteiger partial charge in [-0.2, -0.15) is 0 Å². The Balaban J connectivity index is 1.70. The summed E-state index contributed by atoms with van der Waals surface area (Å²) in [5.41, 5.74) is 1.67. The zero-order valence-corrected chi connectivity index (χ0v) is 17.0. The van der Waals surface area contributed by atoms with Gasteiger partial charge in [-0.1, -0.05) is 62.6 Å². The number of ether oxygens (including phenoxy) is 1. The van der Waals surface area contributed by atoms with Crippen LogP contribution in [-0.4, -0.2) is 17.5 Å². The molecule has 0 radical (unpaired) electrons. The van der Waals surface area contributed by atoms with E-state index >= 15 is 0 Å². The van der Waals surface area contributed by atoms with E-state index in [0.717, 1.165) is 17.7 Å². The summed E-state index contributed by atoms with van der Waals surface area (Å²) in [5.74, 6) is 1.35. The number of pyridine rings is 1. The molecule has 0 atom stereocenters. The average Bonchev–Trinajstić information content (AvgIpc) is 2.78. The van der Waals surface area contributed by atoms with Crippen molar-refractivity contribution in [2.24, 2.45) is 0 Å². The van der Waals surface area contributed by atoms with Crippen LogP contribution in [0.4, 0.5) is 5.82 Å². The van der Waals surface area contributed by atoms with Crippen molar-refractivity contribution < 1.29 is 9.53 Å². The topological polar surface area (TPSA) is 42.4 Å². The van der Waals surface area contributed by atoms with Gasteiger partial charge < -0.3 is 4.74 Å². The molecule has 0 aliphatic heterocycles. The van der Waals surface area contributed by atoms with Gasteiger partial charge in [-0.15, -0.1) is 0 Å². The number of hydrogen-bond donors (Lipinski definition) is 0. The summed E-state index contributed by atoms with van der Waals surface area (Å²) in [5, 5.41) is 0. The second-order valence-corrected chi connectivity index (χ2v) is 7.00. The van der Waals surface area contributed by atoms with Gasteiger partial charge in [0.2, 0.25) is 0 Å². The summed E-state index contributed by atoms with van der Waals surface area (Å²) < 4.78 is 5.79. The maximum Gasteiger partial charge on any atom is 0.259 e. The largest absolute Gasteiger partial charge is 0.494 e. The van der Waals surface area contributed by atoms with E-state index in [9.17, 15) is 4.79 Å². The van der Waals surface area contributed by atoms with Gasteiger partial charge in [0.15, 0.2) is 0 Å². The second-order valence-electron chi connectivity index (χ2n) is 7.00. The van der Waals surface area contributed by atoms with Crippen molar-refractivity contribution in [3.05, 3.63) is 90.1 Å². The zero-order valence-electron chi connectivity index (χ0n) is 17.0. The molecule has 29 heavy (non-hydrogen) atoms. The molecule has 0 aliphatic carbocycles. The van der Waals surface area contributed by atoms with E-state index in [4.69, 9.17) is 4.74 Å². The minimum Gasteiger partial charge on any atom is -0.494 e. The first kappa shape index (κ1) is 20.6. The fourth-order valence-electron chi connectivity index (χ4n) is 3.10. The maximum atomic E-state index is 13.2. The first-order valence-electron chi connectivity index (χ1n) is 10.3. The molecule has 0 spiro atoms. The third kappa shape index (κ3) is 6.18. The predicted octanol–water partition coefficient (Wildman–Crippen LogP) is 5.89. The molecule has 4 heteroatoms. The lowest BCUT2D eigenvalue weighted by Crippen LogP contribution is -2.31. The van der Waals surface area contributed by atoms with Gasteiger partial charge in [0.05, 0.1) is 13.2 Å². The highest BCUT2D eigenvalue weighted by atomic mass is 16.5. The quantitative estimate of drug-likeness (QED) is 0.407. The lowest BCUT2D eigenvalue weighted by Gasteiger charge is -2.22. The summed E-state index contributed by atoms with van der Waals surface area (Å²) in [4.78, 5) is 19.3. The minimum absolute atomic E-state index is 0.0814. The van der Waals surface area contributed by atoms with Crippen LogP contribution < -0.4 is 9.64 Å². The Morgan fingerprint density at radius 3 is 2.34 bits per heavy atom. The SMILES string of the molecule is CCCCCCOc1ccc(C(=O)N(Cc2ccccc2)c2ccccn2)cc1. The standard InChI is InChI=1S/C25H28N2O2/c1-2-3-4-10-19-29-23-16-14-22(15-17-23)25(28)27(24-13-8-9-18-26-24)20-21-11-6-5-7-12-21/h5-9,11-18H,2-4,10,19-20H2,1H3. The van der Waals surface area contributed by atoms with Crippen molar-refractivity contribution in [3.63, 3.8) is 0 Å². The molecule has 4 nitrogen and oxygen atoms in total. The number of anilines is 1. The van der Waals surface area contributed by atoms with E-state index in [1.807, 2.05) is 72.8 Å². The Hall–Kier alpha value is -3.14. The molecule has 0 unspecified atom stereocenters. The van der Waals surface area contributed by atoms with E-state index in [2.05, 4.69) is 11.9 Å². The Morgan fingerprint density at radius 1 is 0.897 bits per heavy atom. The van der Waals surface area contributed by atoms with Crippen molar-refractivity contribution in [1.29, 1.82) is 0 Å². The molecule has 0 saturated heterocycles. The zero-order chi connectivity index (χ0) is 20.3. The molecule has 0 bridgehead atoms. The van der Waals surface area contributed by atoms with E-state index < -0.39 is 0 Å². The van der Waals surface area contributed by atoms with Crippen LogP contribution in [0.1, 0.15) is 48.5 Å². The number of hydrogen-bond acceptors (Lipinski definition) is 3. The molecule has 1 heterocycles. The Labute approximate surface area is 173 Å². The Morgan fingerprint density at radius 2 is 1.66 bits per heavy atom. The maximum absolute atomic E-state index is 13.2. The van der Waals surface area contributed by atoms with Crippen molar-refractivity contribution in [3.8, 4) is 5.75 Å². The van der Waals surface area contributed by atoms with Crippen LogP contribution >= 0.6 is 0 Å². The molecule has 3 aromatic rings. The second kappa shape index (κ2) is 11.0. The molecule has 0 saturated carbocycles. The number of carbonyl (C=O) groups is 1. The van der Waals surface area contributed by atoms with Crippen LogP contribution in [0.3, 0.4) is 0 Å². The van der Waals surface area contributed by atoms with Crippen LogP contribution in [-0.2, 0) is 6.54 Å². The summed E-state index contributed by atoms with van der Waals surface area (Å²) in [6, 6.07) is 22.9. The molecule has 0 N–H and O–H groups in total. The summed E-state index contributed by atoms with van der Waals surface area (Å²) >= 11 is 0. The van der Waals surface area contributed by atoms with E-state index in [1.54, 1.807) is 11.1 Å². The normalized spacial score (nSPS) is 10.5. The number of benzene rings is 2. The monoisotopic (exact) mass is 388 g/mol. The van der Waals surface area contributed by atoms with Crippen LogP contribution in [0.25, 0.3) is 0 Å². The van der Waals surface area contributed by atoms with Gasteiger partial charge in [-0.25, -0.2) is 4.98 Å². The average molecular weight is 389 g/mol. The van der Waals surface area contributed by atoms with Gasteiger partial charge in [0.1, 0.15) is 11.6 Å². The highest BCUT2D eigenvalue weighted by Crippen LogP contribution is 2.20. The molecular formula is C25H28N2O2. The predicted molar refractivity (Wildman–Crippen MR) is 117 cm³/mol. The number of nitrogens with zero attached hydrogens (tertiary/aromatic N) is 2. The number of unbranched alkanes of at least 4 members (excludes halogenated alkanes) is 3. The molecule has 0 fully saturated rings. The van der Waals surface area contributed by atoms with E-state index in [1.165, 1.54) is 19.3 Å². The van der Waals surface area contributed by atoms with Crippen molar-refractivity contribution in [1.82, 2.24) is 4.98 Å². The first-order valence-corrected chi connectivity index (χ1v) is 10.3. The lowest BCUT2D eigenvalue weighted by atomic mass is 10.1. The van der Waals surface area contributed by atoms with E-state index in [0.29, 0.717) is 24.5 Å².